The molecule has 64 valence electrons. The molecule has 0 fully saturated rings. The average molecular weight is 161 g/mol. The lowest BCUT2D eigenvalue weighted by molar-refractivity contribution is 0.835. The van der Waals surface area contributed by atoms with Crippen molar-refractivity contribution in [2.45, 2.75) is 26.8 Å². The zero-order valence-electron chi connectivity index (χ0n) is 7.91. The van der Waals surface area contributed by atoms with Gasteiger partial charge in [-0.2, -0.15) is 0 Å². The summed E-state index contributed by atoms with van der Waals surface area (Å²) < 4.78 is 0. The maximum Gasteiger partial charge on any atom is 0.0446 e. The summed E-state index contributed by atoms with van der Waals surface area (Å²) in [5.74, 6) is 0. The van der Waals surface area contributed by atoms with Gasteiger partial charge < -0.3 is 0 Å². The molecule has 1 aromatic rings. The van der Waals surface area contributed by atoms with Crippen molar-refractivity contribution in [2.24, 2.45) is 4.99 Å². The van der Waals surface area contributed by atoms with E-state index in [9.17, 15) is 0 Å². The number of hydrogen-bond acceptors (Lipinski definition) is 1. The lowest BCUT2D eigenvalue weighted by atomic mass is 10.1. The van der Waals surface area contributed by atoms with Gasteiger partial charge in [0, 0.05) is 11.8 Å². The van der Waals surface area contributed by atoms with E-state index in [0.717, 1.165) is 5.71 Å². The van der Waals surface area contributed by atoms with Gasteiger partial charge in [0.2, 0.25) is 0 Å². The van der Waals surface area contributed by atoms with Crippen molar-refractivity contribution in [1.29, 1.82) is 0 Å². The van der Waals surface area contributed by atoms with Gasteiger partial charge in [-0.1, -0.05) is 30.3 Å². The van der Waals surface area contributed by atoms with E-state index in [2.05, 4.69) is 37.9 Å². The van der Waals surface area contributed by atoms with Gasteiger partial charge in [-0.05, 0) is 26.3 Å². The monoisotopic (exact) mass is 161 g/mol. The third kappa shape index (κ3) is 2.50. The Balaban J connectivity index is 2.85. The Labute approximate surface area is 74.2 Å². The first-order valence-electron chi connectivity index (χ1n) is 4.30. The van der Waals surface area contributed by atoms with Crippen LogP contribution < -0.4 is 0 Å². The predicted octanol–water partition coefficient (Wildman–Crippen LogP) is 2.90. The van der Waals surface area contributed by atoms with Gasteiger partial charge in [-0.25, -0.2) is 0 Å². The minimum absolute atomic E-state index is 0.380. The Morgan fingerprint density at radius 1 is 1.17 bits per heavy atom. The van der Waals surface area contributed by atoms with Crippen molar-refractivity contribution >= 4 is 5.71 Å². The molecule has 0 radical (unpaired) electrons. The first-order chi connectivity index (χ1) is 5.70. The molecule has 0 unspecified atom stereocenters. The van der Waals surface area contributed by atoms with Crippen LogP contribution >= 0.6 is 0 Å². The van der Waals surface area contributed by atoms with Gasteiger partial charge >= 0.3 is 0 Å². The largest absolute Gasteiger partial charge is 0.287 e. The molecule has 0 aromatic heterocycles. The fraction of sp³-hybridized carbons (Fsp3) is 0.364. The van der Waals surface area contributed by atoms with Crippen molar-refractivity contribution in [2.75, 3.05) is 0 Å². The van der Waals surface area contributed by atoms with Crippen LogP contribution in [-0.2, 0) is 0 Å². The molecular formula is C11H15N. The molecule has 1 heteroatoms. The van der Waals surface area contributed by atoms with E-state index < -0.39 is 0 Å². The van der Waals surface area contributed by atoms with Crippen LogP contribution in [0.15, 0.2) is 35.3 Å². The minimum Gasteiger partial charge on any atom is -0.287 e. The van der Waals surface area contributed by atoms with Crippen LogP contribution in [-0.4, -0.2) is 11.8 Å². The molecule has 0 saturated carbocycles. The van der Waals surface area contributed by atoms with Gasteiger partial charge in [0.25, 0.3) is 0 Å². The molecule has 0 N–H and O–H groups in total. The number of aliphatic imine (C=N–C) groups is 1. The molecule has 0 aliphatic carbocycles. The van der Waals surface area contributed by atoms with Gasteiger partial charge in [0.05, 0.1) is 0 Å². The molecule has 0 saturated heterocycles. The van der Waals surface area contributed by atoms with Crippen molar-refractivity contribution in [3.8, 4) is 0 Å². The molecule has 0 heterocycles. The molecule has 0 aliphatic rings. The van der Waals surface area contributed by atoms with Crippen LogP contribution in [0, 0.1) is 0 Å². The second-order valence-electron chi connectivity index (χ2n) is 3.17. The number of nitrogens with zero attached hydrogens (tertiary/aromatic N) is 1. The zero-order chi connectivity index (χ0) is 8.97. The summed E-state index contributed by atoms with van der Waals surface area (Å²) in [6.07, 6.45) is 0. The maximum absolute atomic E-state index is 4.46. The topological polar surface area (TPSA) is 12.4 Å². The summed E-state index contributed by atoms with van der Waals surface area (Å²) in [6.45, 7) is 6.23. The third-order valence-electron chi connectivity index (χ3n) is 1.64. The highest BCUT2D eigenvalue weighted by Gasteiger charge is 1.95. The van der Waals surface area contributed by atoms with Crippen LogP contribution in [0.1, 0.15) is 26.3 Å². The lowest BCUT2D eigenvalue weighted by Crippen LogP contribution is -1.99. The van der Waals surface area contributed by atoms with E-state index in [0.29, 0.717) is 6.04 Å². The van der Waals surface area contributed by atoms with Gasteiger partial charge in [0.15, 0.2) is 0 Å². The van der Waals surface area contributed by atoms with Gasteiger partial charge in [0.1, 0.15) is 0 Å². The molecule has 1 rings (SSSR count). The summed E-state index contributed by atoms with van der Waals surface area (Å²) in [5.41, 5.74) is 2.33. The van der Waals surface area contributed by atoms with Gasteiger partial charge in [-0.3, -0.25) is 4.99 Å². The molecule has 0 bridgehead atoms. The Morgan fingerprint density at radius 2 is 1.75 bits per heavy atom. The van der Waals surface area contributed by atoms with Crippen molar-refractivity contribution in [3.05, 3.63) is 35.9 Å². The minimum atomic E-state index is 0.380. The average Bonchev–Trinajstić information content (AvgIpc) is 2.05. The summed E-state index contributed by atoms with van der Waals surface area (Å²) in [7, 11) is 0. The molecule has 0 aliphatic heterocycles. The SMILES string of the molecule is C/C(=N/C(C)C)c1ccccc1. The van der Waals surface area contributed by atoms with E-state index in [1.54, 1.807) is 0 Å². The summed E-state index contributed by atoms with van der Waals surface area (Å²) in [6, 6.07) is 10.6. The molecule has 1 aromatic carbocycles. The zero-order valence-corrected chi connectivity index (χ0v) is 7.91. The second kappa shape index (κ2) is 4.05. The third-order valence-corrected chi connectivity index (χ3v) is 1.64. The molecule has 12 heavy (non-hydrogen) atoms. The van der Waals surface area contributed by atoms with E-state index in [-0.39, 0.29) is 0 Å². The fourth-order valence-electron chi connectivity index (χ4n) is 1.14. The maximum atomic E-state index is 4.46. The quantitative estimate of drug-likeness (QED) is 0.591. The standard InChI is InChI=1S/C11H15N/c1-9(2)12-10(3)11-7-5-4-6-8-11/h4-9H,1-3H3/b12-10-. The van der Waals surface area contributed by atoms with E-state index in [1.807, 2.05) is 18.2 Å². The van der Waals surface area contributed by atoms with Gasteiger partial charge in [-0.15, -0.1) is 0 Å². The smallest absolute Gasteiger partial charge is 0.0446 e. The normalized spacial score (nSPS) is 12.2. The van der Waals surface area contributed by atoms with Crippen molar-refractivity contribution in [3.63, 3.8) is 0 Å². The van der Waals surface area contributed by atoms with E-state index in [4.69, 9.17) is 0 Å². The highest BCUT2D eigenvalue weighted by molar-refractivity contribution is 5.98. The Kier molecular flexibility index (Phi) is 3.03. The first kappa shape index (κ1) is 8.98. The summed E-state index contributed by atoms with van der Waals surface area (Å²) in [4.78, 5) is 4.46. The summed E-state index contributed by atoms with van der Waals surface area (Å²) in [5, 5.41) is 0. The Hall–Kier alpha value is -1.11. The highest BCUT2D eigenvalue weighted by Crippen LogP contribution is 2.02. The molecular weight excluding hydrogens is 146 g/mol. The molecule has 0 atom stereocenters. The van der Waals surface area contributed by atoms with Crippen LogP contribution in [0.3, 0.4) is 0 Å². The first-order valence-corrected chi connectivity index (χ1v) is 4.30. The highest BCUT2D eigenvalue weighted by atomic mass is 14.8. The predicted molar refractivity (Wildman–Crippen MR) is 53.8 cm³/mol. The number of benzene rings is 1. The van der Waals surface area contributed by atoms with Crippen LogP contribution in [0.2, 0.25) is 0 Å². The molecule has 1 nitrogen and oxygen atoms in total. The fourth-order valence-corrected chi connectivity index (χ4v) is 1.14. The van der Waals surface area contributed by atoms with Crippen LogP contribution in [0.4, 0.5) is 0 Å². The van der Waals surface area contributed by atoms with Crippen molar-refractivity contribution < 1.29 is 0 Å². The van der Waals surface area contributed by atoms with Crippen molar-refractivity contribution in [1.82, 2.24) is 0 Å². The van der Waals surface area contributed by atoms with E-state index >= 15 is 0 Å². The lowest BCUT2D eigenvalue weighted by Gasteiger charge is -2.02. The second-order valence-corrected chi connectivity index (χ2v) is 3.17. The van der Waals surface area contributed by atoms with Crippen LogP contribution in [0.25, 0.3) is 0 Å². The van der Waals surface area contributed by atoms with Crippen LogP contribution in [0.5, 0.6) is 0 Å². The molecule has 0 spiro atoms. The molecule has 0 amide bonds. The Morgan fingerprint density at radius 3 is 2.25 bits per heavy atom. The summed E-state index contributed by atoms with van der Waals surface area (Å²) >= 11 is 0. The Bertz CT molecular complexity index is 260. The number of rotatable bonds is 2. The van der Waals surface area contributed by atoms with E-state index in [1.165, 1.54) is 5.56 Å². The number of hydrogen-bond donors (Lipinski definition) is 0.